The van der Waals surface area contributed by atoms with Crippen molar-refractivity contribution in [1.29, 1.82) is 0 Å². The zero-order valence-electron chi connectivity index (χ0n) is 11.0. The molecule has 1 atom stereocenters. The van der Waals surface area contributed by atoms with Crippen LogP contribution in [-0.2, 0) is 0 Å². The number of aromatic nitrogens is 1. The molecule has 2 rings (SSSR count). The molecule has 1 aromatic carbocycles. The number of halogens is 3. The van der Waals surface area contributed by atoms with Crippen molar-refractivity contribution in [2.45, 2.75) is 19.4 Å². The summed E-state index contributed by atoms with van der Waals surface area (Å²) in [5.41, 5.74) is 1.69. The molecule has 0 aliphatic heterocycles. The number of rotatable bonds is 5. The maximum Gasteiger partial charge on any atom is 0.0806 e. The van der Waals surface area contributed by atoms with Crippen LogP contribution < -0.4 is 5.32 Å². The van der Waals surface area contributed by atoms with Crippen LogP contribution in [0.3, 0.4) is 0 Å². The number of nitrogens with one attached hydrogen (secondary N) is 1. The first-order chi connectivity index (χ1) is 9.63. The number of benzene rings is 1. The first-order valence-corrected chi connectivity index (χ1v) is 7.55. The topological polar surface area (TPSA) is 24.9 Å². The molecule has 1 aromatic heterocycles. The largest absolute Gasteiger partial charge is 0.305 e. The average molecular weight is 330 g/mol. The van der Waals surface area contributed by atoms with E-state index in [9.17, 15) is 0 Å². The average Bonchev–Trinajstić information content (AvgIpc) is 2.42. The van der Waals surface area contributed by atoms with Gasteiger partial charge in [-0.3, -0.25) is 4.98 Å². The van der Waals surface area contributed by atoms with Gasteiger partial charge in [0.2, 0.25) is 0 Å². The lowest BCUT2D eigenvalue weighted by Gasteiger charge is -2.20. The van der Waals surface area contributed by atoms with Crippen molar-refractivity contribution in [2.75, 3.05) is 6.54 Å². The highest BCUT2D eigenvalue weighted by molar-refractivity contribution is 6.35. The molecule has 0 radical (unpaired) electrons. The molecule has 0 aliphatic rings. The van der Waals surface area contributed by atoms with E-state index in [1.165, 1.54) is 0 Å². The van der Waals surface area contributed by atoms with Gasteiger partial charge in [-0.1, -0.05) is 59.9 Å². The van der Waals surface area contributed by atoms with Crippen molar-refractivity contribution in [3.05, 3.63) is 62.9 Å². The van der Waals surface area contributed by atoms with Gasteiger partial charge in [0.25, 0.3) is 0 Å². The fourth-order valence-corrected chi connectivity index (χ4v) is 2.72. The van der Waals surface area contributed by atoms with Gasteiger partial charge in [0, 0.05) is 11.2 Å². The monoisotopic (exact) mass is 328 g/mol. The van der Waals surface area contributed by atoms with E-state index < -0.39 is 0 Å². The van der Waals surface area contributed by atoms with Gasteiger partial charge in [-0.15, -0.1) is 0 Å². The third-order valence-electron chi connectivity index (χ3n) is 2.92. The smallest absolute Gasteiger partial charge is 0.0806 e. The quantitative estimate of drug-likeness (QED) is 0.822. The Bertz CT molecular complexity index is 587. The summed E-state index contributed by atoms with van der Waals surface area (Å²) in [5, 5.41) is 5.17. The molecule has 2 aromatic rings. The van der Waals surface area contributed by atoms with Crippen molar-refractivity contribution >= 4 is 34.8 Å². The standard InChI is InChI=1S/C15H15Cl3N2/c1-2-7-19-14(11-5-3-4-6-12(11)17)15-13(18)8-10(16)9-20-15/h3-6,8-9,14,19H,2,7H2,1H3. The molecule has 0 saturated carbocycles. The Labute approximate surface area is 134 Å². The highest BCUT2D eigenvalue weighted by Crippen LogP contribution is 2.32. The molecule has 0 fully saturated rings. The molecule has 5 heteroatoms. The summed E-state index contributed by atoms with van der Waals surface area (Å²) < 4.78 is 0. The Morgan fingerprint density at radius 1 is 1.15 bits per heavy atom. The normalized spacial score (nSPS) is 12.4. The third-order valence-corrected chi connectivity index (χ3v) is 3.78. The molecule has 0 aliphatic carbocycles. The number of nitrogens with zero attached hydrogens (tertiary/aromatic N) is 1. The maximum absolute atomic E-state index is 6.29. The van der Waals surface area contributed by atoms with Crippen LogP contribution in [-0.4, -0.2) is 11.5 Å². The molecule has 0 saturated heterocycles. The van der Waals surface area contributed by atoms with Crippen LogP contribution >= 0.6 is 34.8 Å². The Hall–Kier alpha value is -0.800. The van der Waals surface area contributed by atoms with Crippen LogP contribution in [0, 0.1) is 0 Å². The van der Waals surface area contributed by atoms with Crippen molar-refractivity contribution in [1.82, 2.24) is 10.3 Å². The summed E-state index contributed by atoms with van der Waals surface area (Å²) in [6.07, 6.45) is 2.60. The van der Waals surface area contributed by atoms with E-state index in [1.54, 1.807) is 12.3 Å². The van der Waals surface area contributed by atoms with E-state index in [1.807, 2.05) is 24.3 Å². The summed E-state index contributed by atoms with van der Waals surface area (Å²) in [4.78, 5) is 4.36. The minimum atomic E-state index is -0.145. The molecule has 0 bridgehead atoms. The molecule has 0 amide bonds. The predicted octanol–water partition coefficient (Wildman–Crippen LogP) is 5.13. The zero-order chi connectivity index (χ0) is 14.5. The van der Waals surface area contributed by atoms with Crippen molar-refractivity contribution in [3.63, 3.8) is 0 Å². The summed E-state index contributed by atoms with van der Waals surface area (Å²) in [6.45, 7) is 2.95. The highest BCUT2D eigenvalue weighted by Gasteiger charge is 2.20. The van der Waals surface area contributed by atoms with E-state index >= 15 is 0 Å². The first kappa shape index (κ1) is 15.6. The van der Waals surface area contributed by atoms with Gasteiger partial charge in [-0.05, 0) is 30.7 Å². The van der Waals surface area contributed by atoms with Crippen molar-refractivity contribution < 1.29 is 0 Å². The van der Waals surface area contributed by atoms with Gasteiger partial charge in [0.1, 0.15) is 0 Å². The summed E-state index contributed by atoms with van der Waals surface area (Å²) in [7, 11) is 0. The second-order valence-corrected chi connectivity index (χ2v) is 5.68. The first-order valence-electron chi connectivity index (χ1n) is 6.42. The van der Waals surface area contributed by atoms with E-state index in [0.29, 0.717) is 15.1 Å². The molecular weight excluding hydrogens is 315 g/mol. The Morgan fingerprint density at radius 2 is 1.90 bits per heavy atom. The van der Waals surface area contributed by atoms with Crippen molar-refractivity contribution in [2.24, 2.45) is 0 Å². The molecule has 1 unspecified atom stereocenters. The summed E-state index contributed by atoms with van der Waals surface area (Å²) in [5.74, 6) is 0. The summed E-state index contributed by atoms with van der Waals surface area (Å²) >= 11 is 18.5. The fourth-order valence-electron chi connectivity index (χ4n) is 1.99. The fraction of sp³-hybridized carbons (Fsp3) is 0.267. The van der Waals surface area contributed by atoms with Crippen LogP contribution in [0.5, 0.6) is 0 Å². The Balaban J connectivity index is 2.44. The third kappa shape index (κ3) is 3.64. The Morgan fingerprint density at radius 3 is 2.55 bits per heavy atom. The molecule has 0 spiro atoms. The van der Waals surface area contributed by atoms with Crippen LogP contribution in [0.15, 0.2) is 36.5 Å². The van der Waals surface area contributed by atoms with Gasteiger partial charge < -0.3 is 5.32 Å². The van der Waals surface area contributed by atoms with Gasteiger partial charge in [-0.25, -0.2) is 0 Å². The maximum atomic E-state index is 6.29. The lowest BCUT2D eigenvalue weighted by atomic mass is 10.0. The second kappa shape index (κ2) is 7.28. The highest BCUT2D eigenvalue weighted by atomic mass is 35.5. The molecule has 2 nitrogen and oxygen atoms in total. The van der Waals surface area contributed by atoms with E-state index in [0.717, 1.165) is 24.2 Å². The van der Waals surface area contributed by atoms with Crippen LogP contribution in [0.4, 0.5) is 0 Å². The minimum absolute atomic E-state index is 0.145. The van der Waals surface area contributed by atoms with E-state index in [-0.39, 0.29) is 6.04 Å². The number of hydrogen-bond donors (Lipinski definition) is 1. The Kier molecular flexibility index (Phi) is 5.67. The van der Waals surface area contributed by atoms with Gasteiger partial charge in [-0.2, -0.15) is 0 Å². The van der Waals surface area contributed by atoms with Crippen LogP contribution in [0.1, 0.15) is 30.6 Å². The van der Waals surface area contributed by atoms with Crippen LogP contribution in [0.25, 0.3) is 0 Å². The van der Waals surface area contributed by atoms with Crippen molar-refractivity contribution in [3.8, 4) is 0 Å². The second-order valence-electron chi connectivity index (χ2n) is 4.43. The molecule has 20 heavy (non-hydrogen) atoms. The minimum Gasteiger partial charge on any atom is -0.305 e. The van der Waals surface area contributed by atoms with Crippen LogP contribution in [0.2, 0.25) is 15.1 Å². The van der Waals surface area contributed by atoms with Gasteiger partial charge in [0.05, 0.1) is 21.8 Å². The number of pyridine rings is 1. The van der Waals surface area contributed by atoms with Gasteiger partial charge >= 0.3 is 0 Å². The molecule has 106 valence electrons. The summed E-state index contributed by atoms with van der Waals surface area (Å²) in [6, 6.07) is 9.24. The lowest BCUT2D eigenvalue weighted by Crippen LogP contribution is -2.24. The van der Waals surface area contributed by atoms with Gasteiger partial charge in [0.15, 0.2) is 0 Å². The molecule has 1 N–H and O–H groups in total. The lowest BCUT2D eigenvalue weighted by molar-refractivity contribution is 0.587. The molecule has 1 heterocycles. The molecular formula is C15H15Cl3N2. The number of hydrogen-bond acceptors (Lipinski definition) is 2. The zero-order valence-corrected chi connectivity index (χ0v) is 13.3. The van der Waals surface area contributed by atoms with E-state index in [4.69, 9.17) is 34.8 Å². The van der Waals surface area contributed by atoms with E-state index in [2.05, 4.69) is 17.2 Å². The predicted molar refractivity (Wildman–Crippen MR) is 85.8 cm³/mol. The SMILES string of the molecule is CCCNC(c1ccccc1Cl)c1ncc(Cl)cc1Cl.